The maximum atomic E-state index is 9.27. The van der Waals surface area contributed by atoms with Gasteiger partial charge >= 0.3 is 0 Å². The second-order valence-corrected chi connectivity index (χ2v) is 3.26. The number of alkyl halides is 1. The Bertz CT molecular complexity index is 250. The number of hydrogen-bond acceptors (Lipinski definition) is 2. The van der Waals surface area contributed by atoms with Gasteiger partial charge in [0.15, 0.2) is 0 Å². The molecule has 0 aliphatic heterocycles. The highest BCUT2D eigenvalue weighted by molar-refractivity contribution is 7.98. The van der Waals surface area contributed by atoms with E-state index < -0.39 is 0 Å². The van der Waals surface area contributed by atoms with E-state index in [9.17, 15) is 5.11 Å². The smallest absolute Gasteiger partial charge is 0.129 e. The zero-order valence-electron chi connectivity index (χ0n) is 6.17. The van der Waals surface area contributed by atoms with Gasteiger partial charge in [-0.3, -0.25) is 0 Å². The average molecular weight is 189 g/mol. The molecule has 0 radical (unpaired) electrons. The van der Waals surface area contributed by atoms with Crippen molar-refractivity contribution in [3.63, 3.8) is 0 Å². The Morgan fingerprint density at radius 1 is 1.55 bits per heavy atom. The largest absolute Gasteiger partial charge is 0.507 e. The van der Waals surface area contributed by atoms with Gasteiger partial charge in [0.2, 0.25) is 0 Å². The summed E-state index contributed by atoms with van der Waals surface area (Å²) in [5.41, 5.74) is 1.04. The van der Waals surface area contributed by atoms with Crippen molar-refractivity contribution in [2.75, 3.05) is 6.26 Å². The Morgan fingerprint density at radius 2 is 2.27 bits per heavy atom. The van der Waals surface area contributed by atoms with Crippen molar-refractivity contribution in [2.24, 2.45) is 0 Å². The van der Waals surface area contributed by atoms with E-state index >= 15 is 0 Å². The van der Waals surface area contributed by atoms with Crippen molar-refractivity contribution in [3.05, 3.63) is 23.8 Å². The molecular weight excluding hydrogens is 180 g/mol. The van der Waals surface area contributed by atoms with Crippen molar-refractivity contribution in [1.82, 2.24) is 0 Å². The van der Waals surface area contributed by atoms with E-state index in [0.717, 1.165) is 10.5 Å². The Labute approximate surface area is 75.4 Å². The molecule has 1 aromatic rings. The van der Waals surface area contributed by atoms with Crippen molar-refractivity contribution in [1.29, 1.82) is 0 Å². The van der Waals surface area contributed by atoms with Crippen molar-refractivity contribution >= 4 is 23.4 Å². The van der Waals surface area contributed by atoms with E-state index in [1.165, 1.54) is 11.8 Å². The van der Waals surface area contributed by atoms with Crippen LogP contribution in [0.15, 0.2) is 23.1 Å². The maximum Gasteiger partial charge on any atom is 0.129 e. The van der Waals surface area contributed by atoms with Gasteiger partial charge in [-0.15, -0.1) is 23.4 Å². The summed E-state index contributed by atoms with van der Waals surface area (Å²) in [6, 6.07) is 5.39. The lowest BCUT2D eigenvalue weighted by Gasteiger charge is -2.01. The molecule has 0 spiro atoms. The Morgan fingerprint density at radius 3 is 2.82 bits per heavy atom. The predicted molar refractivity (Wildman–Crippen MR) is 49.4 cm³/mol. The Kier molecular flexibility index (Phi) is 3.09. The van der Waals surface area contributed by atoms with Gasteiger partial charge in [-0.25, -0.2) is 0 Å². The minimum Gasteiger partial charge on any atom is -0.507 e. The third-order valence-electron chi connectivity index (χ3n) is 1.40. The molecule has 0 fully saturated rings. The molecule has 0 aliphatic rings. The molecule has 0 amide bonds. The molecule has 3 heteroatoms. The molecule has 0 saturated carbocycles. The monoisotopic (exact) mass is 188 g/mol. The summed E-state index contributed by atoms with van der Waals surface area (Å²) < 4.78 is 0. The molecule has 0 bridgehead atoms. The third-order valence-corrected chi connectivity index (χ3v) is 2.47. The quantitative estimate of drug-likeness (QED) is 0.569. The topological polar surface area (TPSA) is 20.2 Å². The fourth-order valence-electron chi connectivity index (χ4n) is 0.805. The van der Waals surface area contributed by atoms with Gasteiger partial charge in [-0.05, 0) is 24.0 Å². The van der Waals surface area contributed by atoms with E-state index in [-0.39, 0.29) is 0 Å². The number of thioether (sulfide) groups is 1. The number of phenols is 1. The fourth-order valence-corrected chi connectivity index (χ4v) is 1.52. The lowest BCUT2D eigenvalue weighted by Crippen LogP contribution is -1.78. The number of aromatic hydroxyl groups is 1. The molecule has 0 aromatic heterocycles. The number of benzene rings is 1. The van der Waals surface area contributed by atoms with Crippen LogP contribution in [0.5, 0.6) is 5.75 Å². The zero-order valence-corrected chi connectivity index (χ0v) is 7.75. The van der Waals surface area contributed by atoms with Gasteiger partial charge in [0.25, 0.3) is 0 Å². The lowest BCUT2D eigenvalue weighted by atomic mass is 10.2. The molecule has 1 N–H and O–H groups in total. The first-order valence-electron chi connectivity index (χ1n) is 3.19. The van der Waals surface area contributed by atoms with Crippen molar-refractivity contribution in [3.8, 4) is 5.75 Å². The molecule has 0 unspecified atom stereocenters. The highest BCUT2D eigenvalue weighted by Gasteiger charge is 1.99. The van der Waals surface area contributed by atoms with Crippen molar-refractivity contribution in [2.45, 2.75) is 10.8 Å². The average Bonchev–Trinajstić information content (AvgIpc) is 2.05. The highest BCUT2D eigenvalue weighted by atomic mass is 35.5. The van der Waals surface area contributed by atoms with Gasteiger partial charge in [0, 0.05) is 10.8 Å². The first-order chi connectivity index (χ1) is 5.27. The van der Waals surface area contributed by atoms with Crippen LogP contribution in [0.25, 0.3) is 0 Å². The predicted octanol–water partition coefficient (Wildman–Crippen LogP) is 2.85. The van der Waals surface area contributed by atoms with Crippen LogP contribution in [0, 0.1) is 0 Å². The van der Waals surface area contributed by atoms with Gasteiger partial charge in [-0.2, -0.15) is 0 Å². The number of rotatable bonds is 2. The fraction of sp³-hybridized carbons (Fsp3) is 0.250. The molecule has 60 valence electrons. The van der Waals surface area contributed by atoms with E-state index in [2.05, 4.69) is 0 Å². The standard InChI is InChI=1S/C8H9ClOS/c1-11-8-4-6(5-9)2-3-7(8)10/h2-4,10H,5H2,1H3. The molecule has 0 heterocycles. The third kappa shape index (κ3) is 2.04. The summed E-state index contributed by atoms with van der Waals surface area (Å²) in [5.74, 6) is 0.819. The SMILES string of the molecule is CSc1cc(CCl)ccc1O. The summed E-state index contributed by atoms with van der Waals surface area (Å²) in [7, 11) is 0. The van der Waals surface area contributed by atoms with Crippen LogP contribution in [-0.4, -0.2) is 11.4 Å². The highest BCUT2D eigenvalue weighted by Crippen LogP contribution is 2.27. The van der Waals surface area contributed by atoms with Gasteiger partial charge in [0.05, 0.1) is 0 Å². The van der Waals surface area contributed by atoms with Gasteiger partial charge in [0.1, 0.15) is 5.75 Å². The number of hydrogen-bond donors (Lipinski definition) is 1. The first-order valence-corrected chi connectivity index (χ1v) is 4.95. The van der Waals surface area contributed by atoms with Crippen LogP contribution < -0.4 is 0 Å². The molecule has 1 rings (SSSR count). The second-order valence-electron chi connectivity index (χ2n) is 2.14. The van der Waals surface area contributed by atoms with Gasteiger partial charge < -0.3 is 5.11 Å². The Hall–Kier alpha value is -0.340. The summed E-state index contributed by atoms with van der Waals surface area (Å²) in [6.07, 6.45) is 1.92. The number of phenolic OH excluding ortho intramolecular Hbond substituents is 1. The lowest BCUT2D eigenvalue weighted by molar-refractivity contribution is 0.462. The molecule has 11 heavy (non-hydrogen) atoms. The van der Waals surface area contributed by atoms with E-state index in [1.54, 1.807) is 6.07 Å². The van der Waals surface area contributed by atoms with Crippen LogP contribution in [0.2, 0.25) is 0 Å². The molecule has 1 nitrogen and oxygen atoms in total. The Balaban J connectivity index is 3.02. The molecular formula is C8H9ClOS. The van der Waals surface area contributed by atoms with Gasteiger partial charge in [-0.1, -0.05) is 6.07 Å². The van der Waals surface area contributed by atoms with Crippen LogP contribution in [-0.2, 0) is 5.88 Å². The van der Waals surface area contributed by atoms with E-state index in [1.807, 2.05) is 18.4 Å². The molecule has 0 saturated heterocycles. The summed E-state index contributed by atoms with van der Waals surface area (Å²) >= 11 is 7.13. The molecule has 0 aliphatic carbocycles. The molecule has 1 aromatic carbocycles. The minimum atomic E-state index is 0.325. The van der Waals surface area contributed by atoms with E-state index in [4.69, 9.17) is 11.6 Å². The summed E-state index contributed by atoms with van der Waals surface area (Å²) in [4.78, 5) is 0.878. The van der Waals surface area contributed by atoms with Crippen LogP contribution >= 0.6 is 23.4 Å². The zero-order chi connectivity index (χ0) is 8.27. The summed E-state index contributed by atoms with van der Waals surface area (Å²) in [5, 5.41) is 9.27. The van der Waals surface area contributed by atoms with Crippen LogP contribution in [0.4, 0.5) is 0 Å². The van der Waals surface area contributed by atoms with Crippen LogP contribution in [0.1, 0.15) is 5.56 Å². The second kappa shape index (κ2) is 3.88. The normalized spacial score (nSPS) is 10.0. The van der Waals surface area contributed by atoms with Crippen molar-refractivity contribution < 1.29 is 5.11 Å². The maximum absolute atomic E-state index is 9.27. The number of halogens is 1. The minimum absolute atomic E-state index is 0.325. The van der Waals surface area contributed by atoms with Crippen LogP contribution in [0.3, 0.4) is 0 Å². The summed E-state index contributed by atoms with van der Waals surface area (Å²) in [6.45, 7) is 0. The molecule has 0 atom stereocenters. The van der Waals surface area contributed by atoms with E-state index in [0.29, 0.717) is 11.6 Å². The first kappa shape index (κ1) is 8.75.